The van der Waals surface area contributed by atoms with Crippen molar-refractivity contribution >= 4 is 40.2 Å². The summed E-state index contributed by atoms with van der Waals surface area (Å²) in [6, 6.07) is 20.4. The van der Waals surface area contributed by atoms with Crippen molar-refractivity contribution < 1.29 is 9.59 Å². The summed E-state index contributed by atoms with van der Waals surface area (Å²) in [5.74, 6) is 1.84. The molecule has 250 valence electrons. The Morgan fingerprint density at radius 3 is 2.45 bits per heavy atom. The van der Waals surface area contributed by atoms with Gasteiger partial charge < -0.3 is 10.2 Å². The van der Waals surface area contributed by atoms with Gasteiger partial charge in [-0.1, -0.05) is 24.3 Å². The number of nitrogens with zero attached hydrogens (tertiary/aromatic N) is 6. The maximum Gasteiger partial charge on any atom is 0.241 e. The van der Waals surface area contributed by atoms with Crippen molar-refractivity contribution in [3.8, 4) is 22.6 Å². The van der Waals surface area contributed by atoms with Crippen LogP contribution in [-0.2, 0) is 9.59 Å². The van der Waals surface area contributed by atoms with E-state index >= 15 is 0 Å². The van der Waals surface area contributed by atoms with Crippen LogP contribution in [0.5, 0.6) is 0 Å². The summed E-state index contributed by atoms with van der Waals surface area (Å²) >= 11 is 1.57. The molecule has 1 saturated carbocycles. The summed E-state index contributed by atoms with van der Waals surface area (Å²) in [5, 5.41) is 11.9. The van der Waals surface area contributed by atoms with Crippen LogP contribution in [0.15, 0.2) is 79.3 Å². The van der Waals surface area contributed by atoms with Crippen LogP contribution in [0.1, 0.15) is 55.2 Å². The number of thioether (sulfide) groups is 1. The van der Waals surface area contributed by atoms with Gasteiger partial charge in [0, 0.05) is 78.6 Å². The number of anilines is 1. The van der Waals surface area contributed by atoms with E-state index in [1.165, 1.54) is 18.4 Å². The Labute approximate surface area is 290 Å². The number of hydrogen-bond donors (Lipinski definition) is 2. The summed E-state index contributed by atoms with van der Waals surface area (Å²) < 4.78 is -0.622. The van der Waals surface area contributed by atoms with Gasteiger partial charge in [-0.25, -0.2) is 9.97 Å². The minimum Gasteiger partial charge on any atom is -0.342 e. The molecule has 3 aliphatic rings. The SMILES string of the molecule is CS[C@@]1(C(=O)Nc2ccc3[nH]nc(-c4ccnc(C5CC5)c4)c3c2)CCN(CC(=O)N2CCC(c3ccc(-c4ncccn4)cc3)CC2)C1. The topological polar surface area (TPSA) is 120 Å². The molecular formula is C38H40N8O2S. The van der Waals surface area contributed by atoms with E-state index in [1.807, 2.05) is 47.7 Å². The fourth-order valence-electron chi connectivity index (χ4n) is 7.30. The van der Waals surface area contributed by atoms with E-state index in [0.29, 0.717) is 37.9 Å². The zero-order chi connectivity index (χ0) is 33.4. The van der Waals surface area contributed by atoms with E-state index in [4.69, 9.17) is 0 Å². The molecule has 10 nitrogen and oxygen atoms in total. The Kier molecular flexibility index (Phi) is 8.63. The Morgan fingerprint density at radius 1 is 0.898 bits per heavy atom. The number of H-pyrrole nitrogens is 1. The molecule has 5 heterocycles. The molecule has 1 aliphatic carbocycles. The number of carbonyl (C=O) groups is 2. The molecule has 11 heteroatoms. The van der Waals surface area contributed by atoms with Crippen LogP contribution in [0.25, 0.3) is 33.5 Å². The van der Waals surface area contributed by atoms with Crippen LogP contribution in [0.3, 0.4) is 0 Å². The lowest BCUT2D eigenvalue weighted by Gasteiger charge is -2.33. The van der Waals surface area contributed by atoms with Crippen molar-refractivity contribution in [1.82, 2.24) is 34.9 Å². The van der Waals surface area contributed by atoms with Crippen molar-refractivity contribution in [2.45, 2.75) is 48.7 Å². The number of nitrogens with one attached hydrogen (secondary N) is 2. The minimum absolute atomic E-state index is 0.0232. The highest BCUT2D eigenvalue weighted by atomic mass is 32.2. The van der Waals surface area contributed by atoms with Gasteiger partial charge in [-0.05, 0) is 86.2 Å². The van der Waals surface area contributed by atoms with Gasteiger partial charge in [0.15, 0.2) is 5.82 Å². The molecule has 1 atom stereocenters. The number of aromatic nitrogens is 5. The maximum atomic E-state index is 13.8. The first-order valence-corrected chi connectivity index (χ1v) is 18.4. The molecule has 3 aromatic heterocycles. The zero-order valence-corrected chi connectivity index (χ0v) is 28.5. The quantitative estimate of drug-likeness (QED) is 0.193. The predicted molar refractivity (Wildman–Crippen MR) is 193 cm³/mol. The molecule has 8 rings (SSSR count). The monoisotopic (exact) mass is 672 g/mol. The van der Waals surface area contributed by atoms with Crippen molar-refractivity contribution in [3.63, 3.8) is 0 Å². The van der Waals surface area contributed by atoms with Crippen molar-refractivity contribution in [2.24, 2.45) is 0 Å². The van der Waals surface area contributed by atoms with Gasteiger partial charge in [0.1, 0.15) is 10.4 Å². The number of fused-ring (bicyclic) bond motifs is 1. The number of benzene rings is 2. The fraction of sp³-hybridized carbons (Fsp3) is 0.368. The number of pyridine rings is 1. The molecule has 2 aromatic carbocycles. The molecule has 0 spiro atoms. The van der Waals surface area contributed by atoms with Crippen molar-refractivity contribution in [2.75, 3.05) is 44.3 Å². The first-order chi connectivity index (χ1) is 24.0. The second-order valence-electron chi connectivity index (χ2n) is 13.5. The van der Waals surface area contributed by atoms with Crippen molar-refractivity contribution in [3.05, 3.63) is 90.5 Å². The molecule has 3 fully saturated rings. The zero-order valence-electron chi connectivity index (χ0n) is 27.6. The van der Waals surface area contributed by atoms with E-state index in [2.05, 4.69) is 65.7 Å². The minimum atomic E-state index is -0.622. The van der Waals surface area contributed by atoms with E-state index in [-0.39, 0.29) is 11.8 Å². The molecule has 5 aromatic rings. The van der Waals surface area contributed by atoms with E-state index < -0.39 is 4.75 Å². The van der Waals surface area contributed by atoms with Crippen LogP contribution < -0.4 is 5.32 Å². The predicted octanol–water partition coefficient (Wildman–Crippen LogP) is 6.11. The summed E-state index contributed by atoms with van der Waals surface area (Å²) in [6.45, 7) is 3.08. The molecular weight excluding hydrogens is 633 g/mol. The molecule has 2 amide bonds. The summed E-state index contributed by atoms with van der Waals surface area (Å²) in [5.41, 5.74) is 6.98. The first-order valence-electron chi connectivity index (χ1n) is 17.2. The number of hydrogen-bond acceptors (Lipinski definition) is 8. The fourth-order valence-corrected chi connectivity index (χ4v) is 8.14. The van der Waals surface area contributed by atoms with Gasteiger partial charge in [0.05, 0.1) is 12.1 Å². The van der Waals surface area contributed by atoms with Crippen LogP contribution in [0.2, 0.25) is 0 Å². The van der Waals surface area contributed by atoms with Crippen LogP contribution in [0, 0.1) is 0 Å². The number of piperidine rings is 1. The third-order valence-electron chi connectivity index (χ3n) is 10.4. The average molecular weight is 673 g/mol. The molecule has 2 N–H and O–H groups in total. The average Bonchev–Trinajstić information content (AvgIpc) is 3.79. The highest BCUT2D eigenvalue weighted by Crippen LogP contribution is 2.41. The van der Waals surface area contributed by atoms with Crippen LogP contribution in [-0.4, -0.2) is 90.5 Å². The Morgan fingerprint density at radius 2 is 1.69 bits per heavy atom. The first kappa shape index (κ1) is 31.6. The molecule has 2 saturated heterocycles. The lowest BCUT2D eigenvalue weighted by molar-refractivity contribution is -0.133. The smallest absolute Gasteiger partial charge is 0.241 e. The Bertz CT molecular complexity index is 1970. The second kappa shape index (κ2) is 13.4. The highest BCUT2D eigenvalue weighted by molar-refractivity contribution is 8.00. The molecule has 0 radical (unpaired) electrons. The second-order valence-corrected chi connectivity index (χ2v) is 14.7. The van der Waals surface area contributed by atoms with Gasteiger partial charge in [0.25, 0.3) is 0 Å². The lowest BCUT2D eigenvalue weighted by atomic mass is 9.89. The van der Waals surface area contributed by atoms with Gasteiger partial charge >= 0.3 is 0 Å². The van der Waals surface area contributed by atoms with Gasteiger partial charge in [-0.2, -0.15) is 5.10 Å². The number of aromatic amines is 1. The maximum absolute atomic E-state index is 13.8. The summed E-state index contributed by atoms with van der Waals surface area (Å²) in [6.07, 6.45) is 12.3. The number of amides is 2. The third-order valence-corrected chi connectivity index (χ3v) is 11.7. The molecule has 49 heavy (non-hydrogen) atoms. The Balaban J connectivity index is 0.868. The summed E-state index contributed by atoms with van der Waals surface area (Å²) in [4.78, 5) is 44.6. The number of carbonyl (C=O) groups excluding carboxylic acids is 2. The lowest BCUT2D eigenvalue weighted by Crippen LogP contribution is -2.46. The Hall–Kier alpha value is -4.61. The standard InChI is InChI=1S/C38H40N8O2S/c1-49-38(37(48)42-30-9-10-32-31(22-30)35(44-43-32)29-11-17-39-33(21-29)27-5-6-27)14-20-45(24-38)23-34(47)46-18-12-26(13-19-46)25-3-7-28(8-4-25)36-40-15-2-16-41-36/h2-4,7-11,15-17,21-22,26-27H,5-6,12-14,18-20,23-24H2,1H3,(H,42,48)(H,43,44)/t38-/m0/s1. The van der Waals surface area contributed by atoms with Gasteiger partial charge in [0.2, 0.25) is 11.8 Å². The van der Waals surface area contributed by atoms with Crippen LogP contribution in [0.4, 0.5) is 5.69 Å². The van der Waals surface area contributed by atoms with E-state index in [9.17, 15) is 9.59 Å². The molecule has 2 aliphatic heterocycles. The largest absolute Gasteiger partial charge is 0.342 e. The van der Waals surface area contributed by atoms with E-state index in [0.717, 1.165) is 70.9 Å². The number of likely N-dealkylation sites (tertiary alicyclic amines) is 2. The molecule has 0 bridgehead atoms. The normalized spacial score (nSPS) is 20.1. The highest BCUT2D eigenvalue weighted by Gasteiger charge is 2.45. The van der Waals surface area contributed by atoms with E-state index in [1.54, 1.807) is 24.2 Å². The van der Waals surface area contributed by atoms with Gasteiger partial charge in [-0.15, -0.1) is 11.8 Å². The summed E-state index contributed by atoms with van der Waals surface area (Å²) in [7, 11) is 0. The number of rotatable bonds is 9. The molecule has 0 unspecified atom stereocenters. The van der Waals surface area contributed by atoms with Crippen LogP contribution >= 0.6 is 11.8 Å². The van der Waals surface area contributed by atoms with Crippen molar-refractivity contribution in [1.29, 1.82) is 0 Å². The third kappa shape index (κ3) is 6.57. The van der Waals surface area contributed by atoms with Gasteiger partial charge in [-0.3, -0.25) is 24.6 Å².